The van der Waals surface area contributed by atoms with Crippen LogP contribution in [-0.2, 0) is 53.7 Å². The highest BCUT2D eigenvalue weighted by molar-refractivity contribution is 5.35. The molecule has 0 saturated carbocycles. The largest absolute Gasteiger partial charge is 0.291 e. The van der Waals surface area contributed by atoms with Crippen LogP contribution in [0, 0.1) is 0 Å². The maximum absolute atomic E-state index is 10.5. The minimum absolute atomic E-state index is 0.302. The summed E-state index contributed by atoms with van der Waals surface area (Å²) in [4.78, 5) is 44.8. The van der Waals surface area contributed by atoms with Gasteiger partial charge in [-0.3, -0.25) is 4.90 Å². The number of nitrogens with zero attached hydrogens (tertiary/aromatic N) is 4. The molecule has 0 aliphatic rings. The SMILES string of the molecule is O=C=NCc1cccc(CN(Cc2cccc(CN=C=O)c2)Cc2cccc(CN=C=O)c2)c1. The van der Waals surface area contributed by atoms with E-state index in [-0.39, 0.29) is 0 Å². The lowest BCUT2D eigenvalue weighted by Gasteiger charge is -2.23. The van der Waals surface area contributed by atoms with E-state index in [4.69, 9.17) is 0 Å². The number of benzene rings is 3. The number of carbonyl (C=O) groups excluding carboxylic acids is 3. The van der Waals surface area contributed by atoms with Crippen molar-refractivity contribution >= 4 is 18.2 Å². The van der Waals surface area contributed by atoms with Crippen molar-refractivity contribution in [3.8, 4) is 0 Å². The molecule has 7 nitrogen and oxygen atoms in total. The molecular weight excluding hydrogens is 428 g/mol. The van der Waals surface area contributed by atoms with E-state index in [2.05, 4.69) is 19.9 Å². The third-order valence-corrected chi connectivity index (χ3v) is 5.17. The van der Waals surface area contributed by atoms with Crippen LogP contribution in [0.2, 0.25) is 0 Å². The summed E-state index contributed by atoms with van der Waals surface area (Å²) in [6.07, 6.45) is 4.75. The van der Waals surface area contributed by atoms with E-state index >= 15 is 0 Å². The van der Waals surface area contributed by atoms with Crippen molar-refractivity contribution in [3.05, 3.63) is 106 Å². The molecule has 0 aliphatic heterocycles. The average Bonchev–Trinajstić information content (AvgIpc) is 2.85. The molecule has 0 atom stereocenters. The predicted octanol–water partition coefficient (Wildman–Crippen LogP) is 4.40. The summed E-state index contributed by atoms with van der Waals surface area (Å²) in [7, 11) is 0. The summed E-state index contributed by atoms with van der Waals surface area (Å²) in [5.74, 6) is 0. The quantitative estimate of drug-likeness (QED) is 0.301. The minimum Gasteiger partial charge on any atom is -0.291 e. The van der Waals surface area contributed by atoms with Gasteiger partial charge in [0, 0.05) is 19.6 Å². The molecule has 3 aromatic rings. The zero-order valence-electron chi connectivity index (χ0n) is 18.7. The molecule has 3 aromatic carbocycles. The summed E-state index contributed by atoms with van der Waals surface area (Å²) in [6.45, 7) is 2.92. The van der Waals surface area contributed by atoms with Crippen molar-refractivity contribution in [2.75, 3.05) is 0 Å². The van der Waals surface area contributed by atoms with Gasteiger partial charge in [0.05, 0.1) is 19.6 Å². The van der Waals surface area contributed by atoms with Crippen LogP contribution >= 0.6 is 0 Å². The Morgan fingerprint density at radius 3 is 1.09 bits per heavy atom. The molecule has 34 heavy (non-hydrogen) atoms. The first-order valence-corrected chi connectivity index (χ1v) is 10.8. The van der Waals surface area contributed by atoms with Crippen LogP contribution in [-0.4, -0.2) is 23.1 Å². The van der Waals surface area contributed by atoms with Crippen LogP contribution in [0.1, 0.15) is 33.4 Å². The van der Waals surface area contributed by atoms with E-state index in [9.17, 15) is 14.4 Å². The van der Waals surface area contributed by atoms with Crippen LogP contribution < -0.4 is 0 Å². The van der Waals surface area contributed by atoms with Crippen molar-refractivity contribution in [2.24, 2.45) is 15.0 Å². The van der Waals surface area contributed by atoms with E-state index in [1.54, 1.807) is 18.2 Å². The first-order valence-electron chi connectivity index (χ1n) is 10.8. The van der Waals surface area contributed by atoms with Crippen molar-refractivity contribution in [3.63, 3.8) is 0 Å². The highest BCUT2D eigenvalue weighted by atomic mass is 16.1. The molecule has 0 bridgehead atoms. The van der Waals surface area contributed by atoms with Gasteiger partial charge in [-0.2, -0.15) is 0 Å². The van der Waals surface area contributed by atoms with Crippen LogP contribution in [0.25, 0.3) is 0 Å². The summed E-state index contributed by atoms with van der Waals surface area (Å²) < 4.78 is 0. The van der Waals surface area contributed by atoms with Crippen molar-refractivity contribution in [1.29, 1.82) is 0 Å². The fraction of sp³-hybridized carbons (Fsp3) is 0.222. The normalized spacial score (nSPS) is 10.1. The Morgan fingerprint density at radius 2 is 0.794 bits per heavy atom. The van der Waals surface area contributed by atoms with Crippen LogP contribution in [0.5, 0.6) is 0 Å². The van der Waals surface area contributed by atoms with Crippen LogP contribution in [0.15, 0.2) is 87.8 Å². The second-order valence-electron chi connectivity index (χ2n) is 7.83. The molecule has 0 heterocycles. The van der Waals surface area contributed by atoms with E-state index in [1.165, 1.54) is 0 Å². The van der Waals surface area contributed by atoms with Gasteiger partial charge in [-0.1, -0.05) is 72.8 Å². The molecule has 170 valence electrons. The topological polar surface area (TPSA) is 91.5 Å². The van der Waals surface area contributed by atoms with Gasteiger partial charge in [-0.25, -0.2) is 29.4 Å². The van der Waals surface area contributed by atoms with Gasteiger partial charge in [-0.15, -0.1) is 0 Å². The summed E-state index contributed by atoms with van der Waals surface area (Å²) in [5.41, 5.74) is 6.14. The number of rotatable bonds is 12. The van der Waals surface area contributed by atoms with Crippen LogP contribution in [0.4, 0.5) is 0 Å². The minimum atomic E-state index is 0.302. The smallest absolute Gasteiger partial charge is 0.235 e. The highest BCUT2D eigenvalue weighted by Gasteiger charge is 2.10. The molecule has 0 aliphatic carbocycles. The van der Waals surface area contributed by atoms with E-state index in [1.807, 2.05) is 72.8 Å². The van der Waals surface area contributed by atoms with Gasteiger partial charge in [-0.05, 0) is 33.4 Å². The van der Waals surface area contributed by atoms with Crippen molar-refractivity contribution in [1.82, 2.24) is 4.90 Å². The molecule has 0 amide bonds. The van der Waals surface area contributed by atoms with Gasteiger partial charge < -0.3 is 0 Å². The molecule has 0 radical (unpaired) electrons. The second-order valence-corrected chi connectivity index (χ2v) is 7.83. The van der Waals surface area contributed by atoms with Gasteiger partial charge in [0.1, 0.15) is 0 Å². The fourth-order valence-electron chi connectivity index (χ4n) is 3.79. The second kappa shape index (κ2) is 13.3. The zero-order valence-corrected chi connectivity index (χ0v) is 18.7. The lowest BCUT2D eigenvalue weighted by molar-refractivity contribution is 0.247. The molecule has 7 heteroatoms. The average molecular weight is 453 g/mol. The molecule has 0 aromatic heterocycles. The van der Waals surface area contributed by atoms with Gasteiger partial charge in [0.2, 0.25) is 18.2 Å². The first kappa shape index (κ1) is 24.4. The lowest BCUT2D eigenvalue weighted by Crippen LogP contribution is -2.22. The monoisotopic (exact) mass is 452 g/mol. The standard InChI is InChI=1S/C27H24N4O3/c32-19-28-13-22-4-1-7-25(10-22)16-31(17-26-8-2-5-23(11-26)14-29-20-33)18-27-9-3-6-24(12-27)15-30-21-34/h1-12H,13-18H2. The Kier molecular flexibility index (Phi) is 9.57. The van der Waals surface area contributed by atoms with Crippen molar-refractivity contribution in [2.45, 2.75) is 39.3 Å². The lowest BCUT2D eigenvalue weighted by atomic mass is 10.1. The number of hydrogen-bond acceptors (Lipinski definition) is 7. The molecule has 0 unspecified atom stereocenters. The molecule has 0 N–H and O–H groups in total. The Bertz CT molecular complexity index is 1100. The Balaban J connectivity index is 1.84. The molecule has 0 saturated heterocycles. The molecule has 0 fully saturated rings. The van der Waals surface area contributed by atoms with Crippen molar-refractivity contribution < 1.29 is 14.4 Å². The predicted molar refractivity (Wildman–Crippen MR) is 128 cm³/mol. The van der Waals surface area contributed by atoms with E-state index in [0.29, 0.717) is 39.3 Å². The number of hydrogen-bond donors (Lipinski definition) is 0. The third kappa shape index (κ3) is 8.03. The third-order valence-electron chi connectivity index (χ3n) is 5.17. The summed E-state index contributed by atoms with van der Waals surface area (Å²) in [6, 6.07) is 23.9. The van der Waals surface area contributed by atoms with E-state index < -0.39 is 0 Å². The molecular formula is C27H24N4O3. The van der Waals surface area contributed by atoms with Crippen LogP contribution in [0.3, 0.4) is 0 Å². The number of isocyanates is 3. The Hall–Kier alpha value is -4.24. The summed E-state index contributed by atoms with van der Waals surface area (Å²) >= 11 is 0. The van der Waals surface area contributed by atoms with E-state index in [0.717, 1.165) is 33.4 Å². The maximum Gasteiger partial charge on any atom is 0.235 e. The maximum atomic E-state index is 10.5. The Morgan fingerprint density at radius 1 is 0.500 bits per heavy atom. The molecule has 0 spiro atoms. The zero-order chi connectivity index (χ0) is 24.0. The molecule has 3 rings (SSSR count). The van der Waals surface area contributed by atoms with Gasteiger partial charge in [0.25, 0.3) is 0 Å². The Labute approximate surface area is 198 Å². The summed E-state index contributed by atoms with van der Waals surface area (Å²) in [5, 5.41) is 0. The fourth-order valence-corrected chi connectivity index (χ4v) is 3.79. The van der Waals surface area contributed by atoms with Gasteiger partial charge in [0.15, 0.2) is 0 Å². The van der Waals surface area contributed by atoms with Gasteiger partial charge >= 0.3 is 0 Å². The first-order chi connectivity index (χ1) is 16.7. The highest BCUT2D eigenvalue weighted by Crippen LogP contribution is 2.18. The number of aliphatic imine (C=N–C) groups is 3.